The van der Waals surface area contributed by atoms with E-state index in [-0.39, 0.29) is 5.19 Å². The van der Waals surface area contributed by atoms with Crippen LogP contribution in [0.25, 0.3) is 0 Å². The lowest BCUT2D eigenvalue weighted by Gasteiger charge is -2.02. The molecule has 0 aliphatic rings. The number of rotatable bonds is 5. The summed E-state index contributed by atoms with van der Waals surface area (Å²) in [6.45, 7) is 1.88. The van der Waals surface area contributed by atoms with E-state index in [0.29, 0.717) is 27.8 Å². The molecule has 0 saturated heterocycles. The highest BCUT2D eigenvalue weighted by Gasteiger charge is 2.36. The van der Waals surface area contributed by atoms with E-state index in [2.05, 4.69) is 25.7 Å². The van der Waals surface area contributed by atoms with Gasteiger partial charge in [-0.25, -0.2) is 4.98 Å². The third-order valence-corrected chi connectivity index (χ3v) is 4.42. The van der Waals surface area contributed by atoms with Crippen LogP contribution in [0.1, 0.15) is 16.3 Å². The predicted molar refractivity (Wildman–Crippen MR) is 89.5 cm³/mol. The van der Waals surface area contributed by atoms with Crippen LogP contribution in [0, 0.1) is 6.92 Å². The summed E-state index contributed by atoms with van der Waals surface area (Å²) in [5.74, 6) is 0.332. The van der Waals surface area contributed by atoms with Crippen LogP contribution < -0.4 is 10.2 Å². The Labute approximate surface area is 148 Å². The molecule has 25 heavy (non-hydrogen) atoms. The molecule has 0 aliphatic heterocycles. The van der Waals surface area contributed by atoms with Gasteiger partial charge in [0.2, 0.25) is 10.1 Å². The molecule has 0 radical (unpaired) electrons. The standard InChI is InChI=1S/C14H10F3N5OS2/c1-8-7-24-12(19-8)21-18-6-9-3-2-4-10(5-9)23-13-22-20-11(25-13)14(15,16)17/h2-7H,1H3,(H,19,21). The average molecular weight is 385 g/mol. The molecule has 2 heterocycles. The monoisotopic (exact) mass is 385 g/mol. The van der Waals surface area contributed by atoms with Crippen molar-refractivity contribution in [3.8, 4) is 10.9 Å². The Morgan fingerprint density at radius 3 is 2.80 bits per heavy atom. The Kier molecular flexibility index (Phi) is 4.95. The van der Waals surface area contributed by atoms with Gasteiger partial charge < -0.3 is 4.74 Å². The smallest absolute Gasteiger partial charge is 0.430 e. The molecule has 0 atom stereocenters. The summed E-state index contributed by atoms with van der Waals surface area (Å²) >= 11 is 1.76. The summed E-state index contributed by atoms with van der Waals surface area (Å²) < 4.78 is 42.8. The van der Waals surface area contributed by atoms with Crippen molar-refractivity contribution in [1.29, 1.82) is 0 Å². The molecule has 11 heteroatoms. The Morgan fingerprint density at radius 1 is 1.28 bits per heavy atom. The van der Waals surface area contributed by atoms with Crippen LogP contribution >= 0.6 is 22.7 Å². The lowest BCUT2D eigenvalue weighted by molar-refractivity contribution is -0.138. The number of ether oxygens (including phenoxy) is 1. The predicted octanol–water partition coefficient (Wildman–Crippen LogP) is 4.56. The summed E-state index contributed by atoms with van der Waals surface area (Å²) in [5.41, 5.74) is 4.38. The fourth-order valence-electron chi connectivity index (χ4n) is 1.69. The van der Waals surface area contributed by atoms with Crippen molar-refractivity contribution in [2.45, 2.75) is 13.1 Å². The molecule has 0 aliphatic carbocycles. The number of aromatic nitrogens is 3. The van der Waals surface area contributed by atoms with Crippen LogP contribution in [-0.4, -0.2) is 21.4 Å². The summed E-state index contributed by atoms with van der Waals surface area (Å²) in [7, 11) is 0. The first-order chi connectivity index (χ1) is 11.9. The number of nitrogens with zero attached hydrogens (tertiary/aromatic N) is 4. The molecule has 0 unspecified atom stereocenters. The van der Waals surface area contributed by atoms with Crippen LogP contribution in [-0.2, 0) is 6.18 Å². The SMILES string of the molecule is Cc1csc(NN=Cc2cccc(Oc3nnc(C(F)(F)F)s3)c2)n1. The van der Waals surface area contributed by atoms with Gasteiger partial charge in [0.05, 0.1) is 11.9 Å². The molecule has 0 bridgehead atoms. The molecule has 1 N–H and O–H groups in total. The highest BCUT2D eigenvalue weighted by Crippen LogP contribution is 2.35. The molecule has 0 fully saturated rings. The van der Waals surface area contributed by atoms with E-state index in [1.54, 1.807) is 30.5 Å². The molecule has 3 rings (SSSR count). The summed E-state index contributed by atoms with van der Waals surface area (Å²) in [4.78, 5) is 4.20. The molecule has 3 aromatic rings. The first-order valence-electron chi connectivity index (χ1n) is 6.80. The topological polar surface area (TPSA) is 72.3 Å². The summed E-state index contributed by atoms with van der Waals surface area (Å²) in [6, 6.07) is 6.68. The zero-order chi connectivity index (χ0) is 17.9. The van der Waals surface area contributed by atoms with Gasteiger partial charge in [0.15, 0.2) is 0 Å². The zero-order valence-electron chi connectivity index (χ0n) is 12.6. The van der Waals surface area contributed by atoms with Crippen molar-refractivity contribution in [3.05, 3.63) is 45.9 Å². The van der Waals surface area contributed by atoms with Gasteiger partial charge in [-0.1, -0.05) is 28.6 Å². The van der Waals surface area contributed by atoms with Crippen molar-refractivity contribution in [2.75, 3.05) is 5.43 Å². The van der Waals surface area contributed by atoms with Crippen LogP contribution in [0.4, 0.5) is 18.3 Å². The van der Waals surface area contributed by atoms with E-state index in [9.17, 15) is 13.2 Å². The maximum absolute atomic E-state index is 12.5. The quantitative estimate of drug-likeness (QED) is 0.515. The highest BCUT2D eigenvalue weighted by atomic mass is 32.1. The van der Waals surface area contributed by atoms with Crippen molar-refractivity contribution in [1.82, 2.24) is 15.2 Å². The Bertz CT molecular complexity index is 890. The largest absolute Gasteiger partial charge is 0.445 e. The number of hydrazone groups is 1. The van der Waals surface area contributed by atoms with Crippen LogP contribution in [0.15, 0.2) is 34.7 Å². The molecular weight excluding hydrogens is 375 g/mol. The number of nitrogens with one attached hydrogen (secondary N) is 1. The fourth-order valence-corrected chi connectivity index (χ4v) is 2.91. The average Bonchev–Trinajstić information content (AvgIpc) is 3.17. The number of anilines is 1. The van der Waals surface area contributed by atoms with Crippen molar-refractivity contribution < 1.29 is 17.9 Å². The zero-order valence-corrected chi connectivity index (χ0v) is 14.2. The number of benzene rings is 1. The van der Waals surface area contributed by atoms with E-state index in [0.717, 1.165) is 5.69 Å². The maximum atomic E-state index is 12.5. The second kappa shape index (κ2) is 7.15. The van der Waals surface area contributed by atoms with Crippen molar-refractivity contribution >= 4 is 34.0 Å². The van der Waals surface area contributed by atoms with Crippen LogP contribution in [0.3, 0.4) is 0 Å². The van der Waals surface area contributed by atoms with E-state index in [1.165, 1.54) is 11.3 Å². The van der Waals surface area contributed by atoms with Gasteiger partial charge in [0, 0.05) is 5.38 Å². The molecular formula is C14H10F3N5OS2. The van der Waals surface area contributed by atoms with Crippen molar-refractivity contribution in [3.63, 3.8) is 0 Å². The number of aryl methyl sites for hydroxylation is 1. The van der Waals surface area contributed by atoms with Gasteiger partial charge >= 0.3 is 6.18 Å². The first kappa shape index (κ1) is 17.3. The normalized spacial score (nSPS) is 11.8. The third kappa shape index (κ3) is 4.73. The number of halogens is 3. The lowest BCUT2D eigenvalue weighted by Crippen LogP contribution is -2.03. The Morgan fingerprint density at radius 2 is 2.12 bits per heavy atom. The lowest BCUT2D eigenvalue weighted by atomic mass is 10.2. The van der Waals surface area contributed by atoms with Crippen LogP contribution in [0.5, 0.6) is 10.9 Å². The van der Waals surface area contributed by atoms with Gasteiger partial charge in [-0.2, -0.15) is 18.3 Å². The molecule has 2 aromatic heterocycles. The third-order valence-electron chi connectivity index (χ3n) is 2.71. The number of thiazole rings is 1. The molecule has 1 aromatic carbocycles. The highest BCUT2D eigenvalue weighted by molar-refractivity contribution is 7.13. The van der Waals surface area contributed by atoms with Gasteiger partial charge in [-0.3, -0.25) is 5.43 Å². The van der Waals surface area contributed by atoms with Crippen molar-refractivity contribution in [2.24, 2.45) is 5.10 Å². The molecule has 0 saturated carbocycles. The molecule has 6 nitrogen and oxygen atoms in total. The van der Waals surface area contributed by atoms with E-state index in [1.807, 2.05) is 12.3 Å². The van der Waals surface area contributed by atoms with Crippen LogP contribution in [0.2, 0.25) is 0 Å². The molecule has 130 valence electrons. The minimum Gasteiger partial charge on any atom is -0.430 e. The second-order valence-electron chi connectivity index (χ2n) is 4.71. The molecule has 0 spiro atoms. The van der Waals surface area contributed by atoms with E-state index < -0.39 is 11.2 Å². The second-order valence-corrected chi connectivity index (χ2v) is 6.51. The van der Waals surface area contributed by atoms with E-state index in [4.69, 9.17) is 4.74 Å². The number of alkyl halides is 3. The van der Waals surface area contributed by atoms with Gasteiger partial charge in [0.1, 0.15) is 5.75 Å². The Balaban J connectivity index is 1.66. The maximum Gasteiger partial charge on any atom is 0.445 e. The molecule has 0 amide bonds. The fraction of sp³-hybridized carbons (Fsp3) is 0.143. The van der Waals surface area contributed by atoms with Gasteiger partial charge in [-0.15, -0.1) is 16.4 Å². The minimum atomic E-state index is -4.53. The first-order valence-corrected chi connectivity index (χ1v) is 8.49. The van der Waals surface area contributed by atoms with E-state index >= 15 is 0 Å². The number of hydrogen-bond acceptors (Lipinski definition) is 8. The summed E-state index contributed by atoms with van der Waals surface area (Å²) in [6.07, 6.45) is -2.99. The Hall–Kier alpha value is -2.53. The van der Waals surface area contributed by atoms with Gasteiger partial charge in [-0.05, 0) is 24.6 Å². The van der Waals surface area contributed by atoms with Gasteiger partial charge in [0.25, 0.3) is 5.19 Å². The minimum absolute atomic E-state index is 0.183. The summed E-state index contributed by atoms with van der Waals surface area (Å²) in [5, 5.41) is 11.8. The number of hydrogen-bond donors (Lipinski definition) is 1.